The van der Waals surface area contributed by atoms with Gasteiger partial charge in [0.15, 0.2) is 0 Å². The van der Waals surface area contributed by atoms with Crippen molar-refractivity contribution in [2.45, 2.75) is 214 Å². The maximum absolute atomic E-state index is 5.00. The fourth-order valence-corrected chi connectivity index (χ4v) is 12.1. The first-order valence-electron chi connectivity index (χ1n) is 28.1. The van der Waals surface area contributed by atoms with Crippen LogP contribution in [0.3, 0.4) is 0 Å². The second-order valence-electron chi connectivity index (χ2n) is 25.1. The SMILES string of the molecule is C.CC1CC(C)(C)N2CCC[N-]C(C)(C)CC(C)N(CCCN1C)C2.CC1CC(C)(C)[N-]CCCN2CN1CCCN(C)C(C)(C)CC2C.CN1CCCN2CCC[N-]CCCN(CCC1)CC2.[Y].[Y].[Y]. The van der Waals surface area contributed by atoms with Gasteiger partial charge in [-0.25, -0.2) is 0 Å². The molecule has 71 heavy (non-hydrogen) atoms. The Bertz CT molecular complexity index is 1320. The Morgan fingerprint density at radius 3 is 1.30 bits per heavy atom. The van der Waals surface area contributed by atoms with Gasteiger partial charge in [-0.05, 0) is 181 Å². The molecule has 0 N–H and O–H groups in total. The van der Waals surface area contributed by atoms with Crippen molar-refractivity contribution in [3.8, 4) is 0 Å². The Hall–Kier alpha value is 2.83. The van der Waals surface area contributed by atoms with Crippen LogP contribution in [-0.4, -0.2) is 243 Å². The van der Waals surface area contributed by atoms with Gasteiger partial charge in [0, 0.05) is 160 Å². The van der Waals surface area contributed by atoms with Crippen LogP contribution in [0.25, 0.3) is 16.0 Å². The third-order valence-corrected chi connectivity index (χ3v) is 16.9. The number of nitrogens with zero attached hydrogens (tertiary/aromatic N) is 12. The van der Waals surface area contributed by atoms with Gasteiger partial charge in [0.25, 0.3) is 0 Å². The summed E-state index contributed by atoms with van der Waals surface area (Å²) in [6.45, 7) is 52.0. The fourth-order valence-electron chi connectivity index (χ4n) is 12.1. The monoisotopic (exact) mass is 1220 g/mol. The van der Waals surface area contributed by atoms with E-state index in [9.17, 15) is 0 Å². The van der Waals surface area contributed by atoms with E-state index in [4.69, 9.17) is 10.6 Å². The Kier molecular flexibility index (Phi) is 38.4. The molecule has 6 rings (SSSR count). The molecular formula is C56H117N12Y3-3. The number of rotatable bonds is 0. The molecule has 413 valence electrons. The van der Waals surface area contributed by atoms with Gasteiger partial charge < -0.3 is 40.4 Å². The maximum Gasteiger partial charge on any atom is 0.0513 e. The summed E-state index contributed by atoms with van der Waals surface area (Å²) < 4.78 is 0. The van der Waals surface area contributed by atoms with E-state index in [1.54, 1.807) is 0 Å². The average Bonchev–Trinajstić information content (AvgIpc) is 3.31. The molecule has 0 amide bonds. The Morgan fingerprint density at radius 1 is 0.380 bits per heavy atom. The first-order chi connectivity index (χ1) is 31.6. The van der Waals surface area contributed by atoms with E-state index in [1.165, 1.54) is 149 Å². The quantitative estimate of drug-likeness (QED) is 0.236. The largest absolute Gasteiger partial charge is 0.662 e. The van der Waals surface area contributed by atoms with Crippen LogP contribution in [0.4, 0.5) is 0 Å². The van der Waals surface area contributed by atoms with E-state index in [0.29, 0.717) is 24.2 Å². The third kappa shape index (κ3) is 28.2. The summed E-state index contributed by atoms with van der Waals surface area (Å²) in [6.07, 6.45) is 14.8. The molecule has 6 aliphatic rings. The molecule has 10 unspecified atom stereocenters. The minimum Gasteiger partial charge on any atom is -0.662 e. The Morgan fingerprint density at radius 2 is 0.775 bits per heavy atom. The first kappa shape index (κ1) is 73.8. The van der Waals surface area contributed by atoms with Crippen molar-refractivity contribution in [2.24, 2.45) is 0 Å². The van der Waals surface area contributed by atoms with Crippen LogP contribution in [0.1, 0.15) is 168 Å². The fraction of sp³-hybridized carbons (Fsp3) is 1.00. The van der Waals surface area contributed by atoms with Crippen LogP contribution >= 0.6 is 0 Å². The third-order valence-electron chi connectivity index (χ3n) is 16.9. The molecule has 0 spiro atoms. The summed E-state index contributed by atoms with van der Waals surface area (Å²) in [5, 5.41) is 14.6. The zero-order valence-electron chi connectivity index (χ0n) is 49.0. The predicted molar refractivity (Wildman–Crippen MR) is 298 cm³/mol. The normalized spacial score (nSPS) is 35.4. The first-order valence-corrected chi connectivity index (χ1v) is 28.1. The summed E-state index contributed by atoms with van der Waals surface area (Å²) in [6, 6.07) is 2.43. The van der Waals surface area contributed by atoms with E-state index in [0.717, 1.165) is 58.9 Å². The Labute approximate surface area is 518 Å². The van der Waals surface area contributed by atoms with Crippen LogP contribution in [0.5, 0.6) is 0 Å². The summed E-state index contributed by atoms with van der Waals surface area (Å²) in [5.41, 5.74) is 0.728. The van der Waals surface area contributed by atoms with E-state index >= 15 is 0 Å². The van der Waals surface area contributed by atoms with Gasteiger partial charge in [0.05, 0.1) is 13.3 Å². The van der Waals surface area contributed by atoms with Crippen molar-refractivity contribution in [1.29, 1.82) is 0 Å². The second kappa shape index (κ2) is 37.0. The zero-order chi connectivity index (χ0) is 49.3. The number of hydrogen-bond acceptors (Lipinski definition) is 9. The van der Waals surface area contributed by atoms with Crippen molar-refractivity contribution in [3.63, 3.8) is 0 Å². The van der Waals surface area contributed by atoms with Crippen LogP contribution in [-0.2, 0) is 98.1 Å². The molecule has 0 aromatic rings. The van der Waals surface area contributed by atoms with Crippen molar-refractivity contribution in [3.05, 3.63) is 16.0 Å². The van der Waals surface area contributed by atoms with E-state index in [1.807, 2.05) is 0 Å². The second-order valence-corrected chi connectivity index (χ2v) is 25.1. The summed E-state index contributed by atoms with van der Waals surface area (Å²) in [5.74, 6) is 0. The van der Waals surface area contributed by atoms with Crippen LogP contribution in [0, 0.1) is 0 Å². The summed E-state index contributed by atoms with van der Waals surface area (Å²) in [4.78, 5) is 23.8. The van der Waals surface area contributed by atoms with Gasteiger partial charge in [0.1, 0.15) is 0 Å². The van der Waals surface area contributed by atoms with Crippen LogP contribution in [0.15, 0.2) is 0 Å². The molecule has 12 nitrogen and oxygen atoms in total. The number of hydrogen-bond donors (Lipinski definition) is 0. The van der Waals surface area contributed by atoms with Gasteiger partial charge in [-0.3, -0.25) is 19.6 Å². The van der Waals surface area contributed by atoms with Gasteiger partial charge in [-0.1, -0.05) is 73.6 Å². The van der Waals surface area contributed by atoms with Crippen molar-refractivity contribution in [2.75, 3.05) is 152 Å². The molecule has 0 saturated carbocycles. The topological polar surface area (TPSA) is 71.5 Å². The molecule has 6 aliphatic heterocycles. The van der Waals surface area contributed by atoms with Crippen LogP contribution < -0.4 is 0 Å². The van der Waals surface area contributed by atoms with E-state index in [2.05, 4.69) is 154 Å². The maximum atomic E-state index is 5.00. The van der Waals surface area contributed by atoms with Gasteiger partial charge in [-0.2, -0.15) is 0 Å². The minimum atomic E-state index is 0. The molecule has 15 heteroatoms. The molecule has 3 radical (unpaired) electrons. The molecule has 0 aromatic carbocycles. The molecule has 6 bridgehead atoms. The van der Waals surface area contributed by atoms with Crippen molar-refractivity contribution < 1.29 is 98.1 Å². The standard InChI is InChI=1S/2C20H41N4.C15H31N4.CH4.3Y/c1-17-15-20(5,6)24-13-8-10-21-19(3,4)14-18(2)23(16-24)12-9-11-22(17)7;1-17-14-19(3,4)21-10-8-12-23-16-24(17)13-9-11-22(7)20(5,6)15-18(23)2;1-17-8-4-12-18-10-2-6-16-7-3-11-19(15-14-18)13-5-9-17;;;;/h2*17-18H,8-16H2,1-7H3;2-15H2,1H3;1H4;;;/q3*-1;;;;. The molecular weight excluding hydrogens is 1110 g/mol. The van der Waals surface area contributed by atoms with Gasteiger partial charge in [-0.15, -0.1) is 37.3 Å². The Balaban J connectivity index is 0.00000101. The molecule has 10 atom stereocenters. The zero-order valence-corrected chi connectivity index (χ0v) is 57.6. The van der Waals surface area contributed by atoms with Crippen LogP contribution in [0.2, 0.25) is 0 Å². The molecule has 6 saturated heterocycles. The van der Waals surface area contributed by atoms with Crippen molar-refractivity contribution in [1.82, 2.24) is 44.1 Å². The molecule has 0 aliphatic carbocycles. The average molecular weight is 1230 g/mol. The summed E-state index contributed by atoms with van der Waals surface area (Å²) >= 11 is 0. The van der Waals surface area contributed by atoms with Gasteiger partial charge in [0.2, 0.25) is 0 Å². The predicted octanol–water partition coefficient (Wildman–Crippen LogP) is 9.66. The molecule has 6 heterocycles. The summed E-state index contributed by atoms with van der Waals surface area (Å²) in [7, 11) is 6.87. The van der Waals surface area contributed by atoms with Crippen molar-refractivity contribution >= 4 is 0 Å². The van der Waals surface area contributed by atoms with Gasteiger partial charge >= 0.3 is 0 Å². The minimum absolute atomic E-state index is 0. The smallest absolute Gasteiger partial charge is 0.0513 e. The molecule has 0 aromatic heterocycles. The van der Waals surface area contributed by atoms with E-state index < -0.39 is 0 Å². The molecule has 6 fully saturated rings. The number of fused-ring (bicyclic) bond motifs is 7. The van der Waals surface area contributed by atoms with E-state index in [-0.39, 0.29) is 128 Å².